The van der Waals surface area contributed by atoms with Gasteiger partial charge in [-0.2, -0.15) is 5.26 Å². The van der Waals surface area contributed by atoms with Crippen LogP contribution in [0, 0.1) is 17.2 Å². The van der Waals surface area contributed by atoms with E-state index in [1.807, 2.05) is 12.1 Å². The summed E-state index contributed by atoms with van der Waals surface area (Å²) in [6.07, 6.45) is 5.79. The first-order valence-corrected chi connectivity index (χ1v) is 7.48. The summed E-state index contributed by atoms with van der Waals surface area (Å²) in [5.74, 6) is 0.221. The minimum Gasteiger partial charge on any atom is -0.352 e. The normalized spacial score (nSPS) is 17.9. The summed E-state index contributed by atoms with van der Waals surface area (Å²) in [4.78, 5) is 18.5. The minimum absolute atomic E-state index is 0.0900. The largest absolute Gasteiger partial charge is 0.352 e. The van der Waals surface area contributed by atoms with Gasteiger partial charge >= 0.3 is 0 Å². The highest BCUT2D eigenvalue weighted by Crippen LogP contribution is 2.20. The predicted octanol–water partition coefficient (Wildman–Crippen LogP) is 1.71. The Hall–Kier alpha value is -1.93. The van der Waals surface area contributed by atoms with Crippen molar-refractivity contribution >= 4 is 5.91 Å². The number of aromatic nitrogens is 1. The van der Waals surface area contributed by atoms with Gasteiger partial charge < -0.3 is 5.32 Å². The van der Waals surface area contributed by atoms with E-state index in [-0.39, 0.29) is 17.9 Å². The zero-order chi connectivity index (χ0) is 15.1. The number of nitriles is 1. The Morgan fingerprint density at radius 1 is 1.57 bits per heavy atom. The van der Waals surface area contributed by atoms with Gasteiger partial charge in [0.2, 0.25) is 5.91 Å². The van der Waals surface area contributed by atoms with Crippen LogP contribution >= 0.6 is 0 Å². The third kappa shape index (κ3) is 4.54. The Bertz CT molecular complexity index is 489. The van der Waals surface area contributed by atoms with Gasteiger partial charge in [-0.25, -0.2) is 0 Å². The summed E-state index contributed by atoms with van der Waals surface area (Å²) in [5, 5.41) is 11.7. The average Bonchev–Trinajstić information content (AvgIpc) is 2.54. The molecule has 1 aliphatic rings. The van der Waals surface area contributed by atoms with E-state index in [0.29, 0.717) is 13.0 Å². The average molecular weight is 286 g/mol. The van der Waals surface area contributed by atoms with Crippen molar-refractivity contribution in [1.29, 1.82) is 5.26 Å². The van der Waals surface area contributed by atoms with Crippen molar-refractivity contribution in [3.63, 3.8) is 0 Å². The van der Waals surface area contributed by atoms with E-state index in [0.717, 1.165) is 31.5 Å². The van der Waals surface area contributed by atoms with Crippen molar-refractivity contribution in [1.82, 2.24) is 15.2 Å². The molecule has 2 rings (SSSR count). The molecule has 0 saturated carbocycles. The van der Waals surface area contributed by atoms with E-state index < -0.39 is 0 Å². The van der Waals surface area contributed by atoms with Gasteiger partial charge in [0.15, 0.2) is 0 Å². The van der Waals surface area contributed by atoms with Crippen molar-refractivity contribution in [2.45, 2.75) is 38.8 Å². The van der Waals surface area contributed by atoms with Crippen molar-refractivity contribution < 1.29 is 4.79 Å². The van der Waals surface area contributed by atoms with Crippen LogP contribution in [0.15, 0.2) is 24.5 Å². The van der Waals surface area contributed by atoms with Gasteiger partial charge in [-0.1, -0.05) is 6.07 Å². The fourth-order valence-corrected chi connectivity index (χ4v) is 2.70. The fourth-order valence-electron chi connectivity index (χ4n) is 2.70. The molecule has 0 aliphatic carbocycles. The molecule has 21 heavy (non-hydrogen) atoms. The molecule has 0 aromatic carbocycles. The molecule has 112 valence electrons. The number of hydrogen-bond acceptors (Lipinski definition) is 4. The Morgan fingerprint density at radius 3 is 2.95 bits per heavy atom. The van der Waals surface area contributed by atoms with Crippen molar-refractivity contribution in [2.24, 2.45) is 5.92 Å². The van der Waals surface area contributed by atoms with Gasteiger partial charge in [0.25, 0.3) is 0 Å². The monoisotopic (exact) mass is 286 g/mol. The lowest BCUT2D eigenvalue weighted by atomic mass is 9.94. The molecule has 1 fully saturated rings. The highest BCUT2D eigenvalue weighted by Gasteiger charge is 2.26. The number of carbonyl (C=O) groups excluding carboxylic acids is 1. The van der Waals surface area contributed by atoms with Gasteiger partial charge in [0.1, 0.15) is 0 Å². The maximum absolute atomic E-state index is 12.2. The Labute approximate surface area is 126 Å². The van der Waals surface area contributed by atoms with Crippen LogP contribution in [0.25, 0.3) is 0 Å². The van der Waals surface area contributed by atoms with Crippen LogP contribution in [0.3, 0.4) is 0 Å². The number of piperidine rings is 1. The first kappa shape index (κ1) is 15.5. The van der Waals surface area contributed by atoms with Gasteiger partial charge in [-0.15, -0.1) is 0 Å². The van der Waals surface area contributed by atoms with Crippen molar-refractivity contribution in [3.8, 4) is 6.07 Å². The number of nitrogens with one attached hydrogen (secondary N) is 1. The van der Waals surface area contributed by atoms with Crippen LogP contribution < -0.4 is 5.32 Å². The van der Waals surface area contributed by atoms with E-state index in [4.69, 9.17) is 5.26 Å². The molecule has 0 bridgehead atoms. The van der Waals surface area contributed by atoms with Crippen LogP contribution in [0.5, 0.6) is 0 Å². The number of carbonyl (C=O) groups is 1. The summed E-state index contributed by atoms with van der Waals surface area (Å²) in [6.45, 7) is 4.41. The van der Waals surface area contributed by atoms with E-state index >= 15 is 0 Å². The molecule has 2 heterocycles. The second-order valence-corrected chi connectivity index (χ2v) is 5.60. The Balaban J connectivity index is 1.74. The summed E-state index contributed by atoms with van der Waals surface area (Å²) in [6, 6.07) is 6.33. The first-order valence-electron chi connectivity index (χ1n) is 7.48. The number of amides is 1. The van der Waals surface area contributed by atoms with Crippen LogP contribution in [0.4, 0.5) is 0 Å². The highest BCUT2D eigenvalue weighted by atomic mass is 16.1. The van der Waals surface area contributed by atoms with E-state index in [9.17, 15) is 4.79 Å². The molecule has 1 aromatic rings. The molecule has 5 nitrogen and oxygen atoms in total. The van der Waals surface area contributed by atoms with Crippen molar-refractivity contribution in [2.75, 3.05) is 13.1 Å². The molecule has 1 unspecified atom stereocenters. The lowest BCUT2D eigenvalue weighted by Crippen LogP contribution is -2.43. The summed E-state index contributed by atoms with van der Waals surface area (Å²) in [5.41, 5.74) is 1.02. The standard InChI is InChI=1S/C16H22N4O/c1-13(4-7-17)20-9-5-15(6-10-20)16(21)19-12-14-3-2-8-18-11-14/h2-3,8,11,13,15H,4-6,9-10,12H2,1H3,(H,19,21). The van der Waals surface area contributed by atoms with E-state index in [1.54, 1.807) is 12.4 Å². The minimum atomic E-state index is 0.0900. The number of pyridine rings is 1. The first-order chi connectivity index (χ1) is 10.2. The van der Waals surface area contributed by atoms with Crippen LogP contribution in [0.1, 0.15) is 31.7 Å². The molecule has 1 aromatic heterocycles. The molecule has 1 atom stereocenters. The third-order valence-corrected chi connectivity index (χ3v) is 4.10. The van der Waals surface area contributed by atoms with E-state index in [1.165, 1.54) is 0 Å². The second-order valence-electron chi connectivity index (χ2n) is 5.60. The SMILES string of the molecule is CC(CC#N)N1CCC(C(=O)NCc2cccnc2)CC1. The number of likely N-dealkylation sites (tertiary alicyclic amines) is 1. The topological polar surface area (TPSA) is 69.0 Å². The molecule has 1 aliphatic heterocycles. The second kappa shape index (κ2) is 7.75. The van der Waals surface area contributed by atoms with Gasteiger partial charge in [0, 0.05) is 30.9 Å². The van der Waals surface area contributed by atoms with Crippen LogP contribution in [-0.2, 0) is 11.3 Å². The number of hydrogen-bond donors (Lipinski definition) is 1. The molecule has 5 heteroatoms. The molecule has 0 radical (unpaired) electrons. The molecular weight excluding hydrogens is 264 g/mol. The zero-order valence-corrected chi connectivity index (χ0v) is 12.5. The molecule has 1 amide bonds. The van der Waals surface area contributed by atoms with E-state index in [2.05, 4.69) is 28.2 Å². The quantitative estimate of drug-likeness (QED) is 0.894. The van der Waals surface area contributed by atoms with Crippen LogP contribution in [0.2, 0.25) is 0 Å². The van der Waals surface area contributed by atoms with Gasteiger partial charge in [-0.3, -0.25) is 14.7 Å². The number of nitrogens with zero attached hydrogens (tertiary/aromatic N) is 3. The molecule has 1 saturated heterocycles. The van der Waals surface area contributed by atoms with Crippen molar-refractivity contribution in [3.05, 3.63) is 30.1 Å². The zero-order valence-electron chi connectivity index (χ0n) is 12.5. The highest BCUT2D eigenvalue weighted by molar-refractivity contribution is 5.78. The molecule has 0 spiro atoms. The smallest absolute Gasteiger partial charge is 0.223 e. The Kier molecular flexibility index (Phi) is 5.70. The lowest BCUT2D eigenvalue weighted by molar-refractivity contribution is -0.126. The molecular formula is C16H22N4O. The van der Waals surface area contributed by atoms with Crippen LogP contribution in [-0.4, -0.2) is 34.9 Å². The maximum atomic E-state index is 12.2. The lowest BCUT2D eigenvalue weighted by Gasteiger charge is -2.34. The maximum Gasteiger partial charge on any atom is 0.223 e. The Morgan fingerprint density at radius 2 is 2.33 bits per heavy atom. The summed E-state index contributed by atoms with van der Waals surface area (Å²) < 4.78 is 0. The van der Waals surface area contributed by atoms with Gasteiger partial charge in [-0.05, 0) is 44.5 Å². The fraction of sp³-hybridized carbons (Fsp3) is 0.562. The summed E-state index contributed by atoms with van der Waals surface area (Å²) in [7, 11) is 0. The predicted molar refractivity (Wildman–Crippen MR) is 80.1 cm³/mol. The van der Waals surface area contributed by atoms with Gasteiger partial charge in [0.05, 0.1) is 12.5 Å². The molecule has 1 N–H and O–H groups in total. The summed E-state index contributed by atoms with van der Waals surface area (Å²) >= 11 is 0. The number of rotatable bonds is 5. The third-order valence-electron chi connectivity index (χ3n) is 4.10.